The van der Waals surface area contributed by atoms with Crippen molar-refractivity contribution in [2.24, 2.45) is 5.92 Å². The Labute approximate surface area is 130 Å². The number of halogens is 1. The SMILES string of the molecule is CC(C)CC1CN(c2ccc(-c3cn[nH]c3)c(F)c2)CCN1. The summed E-state index contributed by atoms with van der Waals surface area (Å²) in [5, 5.41) is 10.2. The Bertz CT molecular complexity index is 609. The van der Waals surface area contributed by atoms with Gasteiger partial charge in [-0.15, -0.1) is 0 Å². The van der Waals surface area contributed by atoms with Crippen LogP contribution in [0.3, 0.4) is 0 Å². The van der Waals surface area contributed by atoms with Crippen molar-refractivity contribution in [3.05, 3.63) is 36.4 Å². The second-order valence-electron chi connectivity index (χ2n) is 6.38. The maximum Gasteiger partial charge on any atom is 0.133 e. The summed E-state index contributed by atoms with van der Waals surface area (Å²) in [6.45, 7) is 7.27. The van der Waals surface area contributed by atoms with Crippen LogP contribution in [0.25, 0.3) is 11.1 Å². The molecule has 1 fully saturated rings. The second-order valence-corrected chi connectivity index (χ2v) is 6.38. The third kappa shape index (κ3) is 3.30. The van der Waals surface area contributed by atoms with Gasteiger partial charge in [0.15, 0.2) is 0 Å². The fourth-order valence-corrected chi connectivity index (χ4v) is 3.12. The molecule has 3 rings (SSSR count). The van der Waals surface area contributed by atoms with Crippen molar-refractivity contribution in [3.63, 3.8) is 0 Å². The predicted octanol–water partition coefficient (Wildman–Crippen LogP) is 3.04. The van der Waals surface area contributed by atoms with E-state index in [2.05, 4.69) is 34.3 Å². The van der Waals surface area contributed by atoms with Gasteiger partial charge in [-0.25, -0.2) is 4.39 Å². The summed E-state index contributed by atoms with van der Waals surface area (Å²) in [5.41, 5.74) is 2.33. The highest BCUT2D eigenvalue weighted by Gasteiger charge is 2.21. The van der Waals surface area contributed by atoms with Gasteiger partial charge in [0.05, 0.1) is 6.20 Å². The molecule has 0 aliphatic carbocycles. The molecule has 2 aromatic rings. The Kier molecular flexibility index (Phi) is 4.43. The average molecular weight is 302 g/mol. The lowest BCUT2D eigenvalue weighted by atomic mass is 10.0. The number of hydrogen-bond acceptors (Lipinski definition) is 3. The van der Waals surface area contributed by atoms with Crippen LogP contribution in [0.15, 0.2) is 30.6 Å². The maximum absolute atomic E-state index is 14.4. The smallest absolute Gasteiger partial charge is 0.133 e. The van der Waals surface area contributed by atoms with E-state index < -0.39 is 0 Å². The summed E-state index contributed by atoms with van der Waals surface area (Å²) in [6.07, 6.45) is 4.50. The van der Waals surface area contributed by atoms with E-state index in [0.29, 0.717) is 17.5 Å². The molecule has 118 valence electrons. The van der Waals surface area contributed by atoms with Gasteiger partial charge in [-0.05, 0) is 30.5 Å². The van der Waals surface area contributed by atoms with Crippen LogP contribution in [0.1, 0.15) is 20.3 Å². The number of aromatic nitrogens is 2. The molecule has 1 aliphatic rings. The van der Waals surface area contributed by atoms with E-state index in [0.717, 1.165) is 37.3 Å². The van der Waals surface area contributed by atoms with E-state index in [-0.39, 0.29) is 5.82 Å². The van der Waals surface area contributed by atoms with E-state index in [9.17, 15) is 4.39 Å². The highest BCUT2D eigenvalue weighted by molar-refractivity contribution is 5.66. The Hall–Kier alpha value is -1.88. The molecule has 0 saturated carbocycles. The summed E-state index contributed by atoms with van der Waals surface area (Å²) < 4.78 is 14.4. The molecule has 1 atom stereocenters. The third-order valence-electron chi connectivity index (χ3n) is 4.14. The molecule has 22 heavy (non-hydrogen) atoms. The van der Waals surface area contributed by atoms with Crippen LogP contribution in [0.4, 0.5) is 10.1 Å². The largest absolute Gasteiger partial charge is 0.369 e. The van der Waals surface area contributed by atoms with Gasteiger partial charge in [-0.1, -0.05) is 13.8 Å². The molecule has 1 saturated heterocycles. The maximum atomic E-state index is 14.4. The zero-order chi connectivity index (χ0) is 15.5. The second kappa shape index (κ2) is 6.48. The minimum Gasteiger partial charge on any atom is -0.369 e. The summed E-state index contributed by atoms with van der Waals surface area (Å²) in [7, 11) is 0. The molecule has 0 amide bonds. The van der Waals surface area contributed by atoms with E-state index in [1.165, 1.54) is 0 Å². The van der Waals surface area contributed by atoms with Crippen LogP contribution in [0.2, 0.25) is 0 Å². The summed E-state index contributed by atoms with van der Waals surface area (Å²) >= 11 is 0. The molecule has 2 N–H and O–H groups in total. The molecule has 4 nitrogen and oxygen atoms in total. The number of anilines is 1. The van der Waals surface area contributed by atoms with Crippen molar-refractivity contribution in [2.45, 2.75) is 26.3 Å². The summed E-state index contributed by atoms with van der Waals surface area (Å²) in [6, 6.07) is 5.96. The number of nitrogens with zero attached hydrogens (tertiary/aromatic N) is 2. The fraction of sp³-hybridized carbons (Fsp3) is 0.471. The van der Waals surface area contributed by atoms with Crippen molar-refractivity contribution < 1.29 is 4.39 Å². The molecule has 0 spiro atoms. The number of hydrogen-bond donors (Lipinski definition) is 2. The molecule has 5 heteroatoms. The first-order valence-electron chi connectivity index (χ1n) is 7.90. The first-order valence-corrected chi connectivity index (χ1v) is 7.90. The fourth-order valence-electron chi connectivity index (χ4n) is 3.12. The highest BCUT2D eigenvalue weighted by Crippen LogP contribution is 2.27. The van der Waals surface area contributed by atoms with Gasteiger partial charge in [0.1, 0.15) is 5.82 Å². The molecule has 2 heterocycles. The van der Waals surface area contributed by atoms with E-state index in [1.54, 1.807) is 18.5 Å². The van der Waals surface area contributed by atoms with E-state index >= 15 is 0 Å². The zero-order valence-corrected chi connectivity index (χ0v) is 13.1. The van der Waals surface area contributed by atoms with Gasteiger partial charge in [0, 0.05) is 48.7 Å². The first kappa shape index (κ1) is 15.0. The van der Waals surface area contributed by atoms with E-state index in [4.69, 9.17) is 0 Å². The van der Waals surface area contributed by atoms with Gasteiger partial charge in [-0.2, -0.15) is 5.10 Å². The Balaban J connectivity index is 1.76. The number of H-pyrrole nitrogens is 1. The quantitative estimate of drug-likeness (QED) is 0.912. The number of nitrogens with one attached hydrogen (secondary N) is 2. The average Bonchev–Trinajstić information content (AvgIpc) is 3.00. The molecular formula is C17H23FN4. The molecular weight excluding hydrogens is 279 g/mol. The topological polar surface area (TPSA) is 44.0 Å². The number of benzene rings is 1. The van der Waals surface area contributed by atoms with Crippen LogP contribution < -0.4 is 10.2 Å². The van der Waals surface area contributed by atoms with E-state index in [1.807, 2.05) is 12.1 Å². The standard InChI is InChI=1S/C17H23FN4/c1-12(2)7-14-11-22(6-5-19-14)15-3-4-16(17(18)8-15)13-9-20-21-10-13/h3-4,8-10,12,14,19H,5-7,11H2,1-2H3,(H,20,21). The molecule has 0 radical (unpaired) electrons. The van der Waals surface area contributed by atoms with Crippen LogP contribution in [-0.2, 0) is 0 Å². The first-order chi connectivity index (χ1) is 10.6. The highest BCUT2D eigenvalue weighted by atomic mass is 19.1. The molecule has 0 bridgehead atoms. The zero-order valence-electron chi connectivity index (χ0n) is 13.1. The van der Waals surface area contributed by atoms with Crippen molar-refractivity contribution in [2.75, 3.05) is 24.5 Å². The van der Waals surface area contributed by atoms with Crippen LogP contribution in [-0.4, -0.2) is 35.9 Å². The Morgan fingerprint density at radius 1 is 1.41 bits per heavy atom. The Morgan fingerprint density at radius 3 is 2.95 bits per heavy atom. The molecule has 1 aromatic heterocycles. The Morgan fingerprint density at radius 2 is 2.27 bits per heavy atom. The number of piperazine rings is 1. The summed E-state index contributed by atoms with van der Waals surface area (Å²) in [4.78, 5) is 2.27. The van der Waals surface area contributed by atoms with Gasteiger partial charge >= 0.3 is 0 Å². The van der Waals surface area contributed by atoms with Gasteiger partial charge in [0.25, 0.3) is 0 Å². The predicted molar refractivity (Wildman–Crippen MR) is 87.4 cm³/mol. The molecule has 1 aromatic carbocycles. The van der Waals surface area contributed by atoms with Crippen LogP contribution in [0.5, 0.6) is 0 Å². The molecule has 1 aliphatic heterocycles. The van der Waals surface area contributed by atoms with Gasteiger partial charge < -0.3 is 10.2 Å². The molecule has 1 unspecified atom stereocenters. The van der Waals surface area contributed by atoms with Gasteiger partial charge in [0.2, 0.25) is 0 Å². The lowest BCUT2D eigenvalue weighted by molar-refractivity contribution is 0.388. The summed E-state index contributed by atoms with van der Waals surface area (Å²) in [5.74, 6) is 0.468. The van der Waals surface area contributed by atoms with Crippen LogP contribution in [0, 0.1) is 11.7 Å². The minimum absolute atomic E-state index is 0.196. The van der Waals surface area contributed by atoms with Crippen molar-refractivity contribution >= 4 is 5.69 Å². The lowest BCUT2D eigenvalue weighted by Crippen LogP contribution is -2.51. The van der Waals surface area contributed by atoms with Gasteiger partial charge in [-0.3, -0.25) is 5.10 Å². The number of aromatic amines is 1. The lowest BCUT2D eigenvalue weighted by Gasteiger charge is -2.36. The minimum atomic E-state index is -0.196. The normalized spacial score (nSPS) is 18.9. The monoisotopic (exact) mass is 302 g/mol. The van der Waals surface area contributed by atoms with Crippen molar-refractivity contribution in [3.8, 4) is 11.1 Å². The third-order valence-corrected chi connectivity index (χ3v) is 4.14. The van der Waals surface area contributed by atoms with Crippen molar-refractivity contribution in [1.82, 2.24) is 15.5 Å². The number of rotatable bonds is 4. The van der Waals surface area contributed by atoms with Crippen LogP contribution >= 0.6 is 0 Å². The van der Waals surface area contributed by atoms with Crippen molar-refractivity contribution in [1.29, 1.82) is 0 Å².